The van der Waals surface area contributed by atoms with Crippen LogP contribution in [0.3, 0.4) is 0 Å². The van der Waals surface area contributed by atoms with Gasteiger partial charge in [-0.3, -0.25) is 4.79 Å². The lowest BCUT2D eigenvalue weighted by Crippen LogP contribution is -2.42. The van der Waals surface area contributed by atoms with Gasteiger partial charge < -0.3 is 14.9 Å². The molecule has 4 nitrogen and oxygen atoms in total. The molecule has 47 heavy (non-hydrogen) atoms. The summed E-state index contributed by atoms with van der Waals surface area (Å²) < 4.78 is 0. The maximum Gasteiger partial charge on any atom is 0.187 e. The highest BCUT2D eigenvalue weighted by molar-refractivity contribution is 6.08. The van der Waals surface area contributed by atoms with Gasteiger partial charge in [0.15, 0.2) is 5.78 Å². The van der Waals surface area contributed by atoms with Crippen molar-refractivity contribution in [2.45, 2.75) is 136 Å². The molecule has 2 aliphatic carbocycles. The summed E-state index contributed by atoms with van der Waals surface area (Å²) in [6.07, 6.45) is 4.26. The quantitative estimate of drug-likeness (QED) is 0.289. The number of piperidine rings is 1. The Hall–Kier alpha value is -3.27. The zero-order valence-electron chi connectivity index (χ0n) is 31.4. The topological polar surface area (TPSA) is 43.8 Å². The standard InChI is InChI=1S/C22H31NO.C21H27NO/c1-8-14-13-23(22(5,6)7)18-12-19(24)16-10-9-15(21(2,3)4)11-17(16)20(14)18;1-19(2,3)13-7-8-15-16(9-13)21-11-14(21)12-22(20(4,5)6)18(21)10-17(15)23/h9-12,14,24H,8,13H2,1-7H3;7-10,14H,11-12H2,1-6H3. The molecular weight excluding hydrogens is 576 g/mol. The number of benzene rings is 3. The maximum atomic E-state index is 12.7. The van der Waals surface area contributed by atoms with Crippen molar-refractivity contribution in [3.05, 3.63) is 82.1 Å². The molecule has 3 aromatic carbocycles. The Morgan fingerprint density at radius 1 is 0.766 bits per heavy atom. The molecule has 0 amide bonds. The third-order valence-electron chi connectivity index (χ3n) is 11.4. The molecule has 1 saturated carbocycles. The van der Waals surface area contributed by atoms with E-state index in [4.69, 9.17) is 0 Å². The lowest BCUT2D eigenvalue weighted by atomic mass is 9.77. The molecule has 4 aliphatic rings. The summed E-state index contributed by atoms with van der Waals surface area (Å²) in [6, 6.07) is 15.1. The van der Waals surface area contributed by atoms with Crippen LogP contribution in [0.2, 0.25) is 0 Å². The van der Waals surface area contributed by atoms with Gasteiger partial charge in [0.1, 0.15) is 5.75 Å². The normalized spacial score (nSPS) is 23.5. The monoisotopic (exact) mass is 634 g/mol. The molecule has 1 N–H and O–H groups in total. The van der Waals surface area contributed by atoms with Crippen molar-refractivity contribution < 1.29 is 9.90 Å². The molecule has 0 bridgehead atoms. The number of carbonyl (C=O) groups excluding carboxylic acids is 1. The minimum Gasteiger partial charge on any atom is -0.507 e. The van der Waals surface area contributed by atoms with Gasteiger partial charge in [-0.25, -0.2) is 0 Å². The minimum atomic E-state index is 0.0560. The van der Waals surface area contributed by atoms with E-state index in [1.165, 1.54) is 45.4 Å². The Morgan fingerprint density at radius 2 is 1.36 bits per heavy atom. The largest absolute Gasteiger partial charge is 0.507 e. The number of likely N-dealkylation sites (tertiary alicyclic amines) is 1. The predicted octanol–water partition coefficient (Wildman–Crippen LogP) is 10.4. The van der Waals surface area contributed by atoms with Crippen LogP contribution in [0.4, 0.5) is 5.69 Å². The van der Waals surface area contributed by atoms with Crippen LogP contribution in [0.25, 0.3) is 10.8 Å². The summed E-state index contributed by atoms with van der Waals surface area (Å²) in [5.41, 5.74) is 9.27. The first kappa shape index (κ1) is 33.6. The van der Waals surface area contributed by atoms with Gasteiger partial charge in [-0.2, -0.15) is 0 Å². The van der Waals surface area contributed by atoms with E-state index < -0.39 is 0 Å². The summed E-state index contributed by atoms with van der Waals surface area (Å²) in [4.78, 5) is 17.6. The molecule has 0 aromatic heterocycles. The molecule has 2 fully saturated rings. The fourth-order valence-corrected chi connectivity index (χ4v) is 8.44. The zero-order chi connectivity index (χ0) is 34.6. The fraction of sp³-hybridized carbons (Fsp3) is 0.558. The molecule has 3 unspecified atom stereocenters. The molecule has 2 heterocycles. The van der Waals surface area contributed by atoms with Crippen molar-refractivity contribution in [2.75, 3.05) is 18.0 Å². The molecule has 3 atom stereocenters. The van der Waals surface area contributed by atoms with E-state index in [0.29, 0.717) is 17.6 Å². The fourth-order valence-electron chi connectivity index (χ4n) is 8.44. The predicted molar refractivity (Wildman–Crippen MR) is 198 cm³/mol. The van der Waals surface area contributed by atoms with Gasteiger partial charge >= 0.3 is 0 Å². The Balaban J connectivity index is 0.000000164. The first-order valence-electron chi connectivity index (χ1n) is 17.9. The highest BCUT2D eigenvalue weighted by Gasteiger charge is 2.67. The number of allylic oxidation sites excluding steroid dienone is 2. The van der Waals surface area contributed by atoms with Crippen molar-refractivity contribution >= 4 is 22.2 Å². The summed E-state index contributed by atoms with van der Waals surface area (Å²) in [5.74, 6) is 1.78. The second-order valence-corrected chi connectivity index (χ2v) is 18.8. The van der Waals surface area contributed by atoms with E-state index in [1.54, 1.807) is 0 Å². The number of rotatable bonds is 1. The average Bonchev–Trinajstić information content (AvgIpc) is 3.38. The van der Waals surface area contributed by atoms with E-state index >= 15 is 0 Å². The highest BCUT2D eigenvalue weighted by Crippen LogP contribution is 2.67. The molecule has 3 aromatic rings. The molecule has 1 spiro atoms. The zero-order valence-corrected chi connectivity index (χ0v) is 31.4. The lowest BCUT2D eigenvalue weighted by Gasteiger charge is -2.40. The van der Waals surface area contributed by atoms with E-state index in [0.717, 1.165) is 30.5 Å². The molecular formula is C43H58N2O2. The first-order valence-corrected chi connectivity index (χ1v) is 17.9. The number of nitrogens with zero attached hydrogens (tertiary/aromatic N) is 2. The van der Waals surface area contributed by atoms with Gasteiger partial charge in [0, 0.05) is 70.0 Å². The van der Waals surface area contributed by atoms with Crippen LogP contribution < -0.4 is 4.90 Å². The summed E-state index contributed by atoms with van der Waals surface area (Å²) >= 11 is 0. The number of hydrogen-bond donors (Lipinski definition) is 1. The number of ketones is 1. The minimum absolute atomic E-state index is 0.0560. The molecule has 252 valence electrons. The molecule has 4 heteroatoms. The van der Waals surface area contributed by atoms with Crippen LogP contribution in [0.1, 0.15) is 141 Å². The Morgan fingerprint density at radius 3 is 1.94 bits per heavy atom. The van der Waals surface area contributed by atoms with Crippen LogP contribution in [0.15, 0.2) is 54.2 Å². The Bertz CT molecular complexity index is 1790. The smallest absolute Gasteiger partial charge is 0.187 e. The molecule has 0 radical (unpaired) electrons. The van der Waals surface area contributed by atoms with E-state index in [1.807, 2.05) is 12.1 Å². The summed E-state index contributed by atoms with van der Waals surface area (Å²) in [6.45, 7) is 31.4. The lowest BCUT2D eigenvalue weighted by molar-refractivity contribution is 0.103. The average molecular weight is 635 g/mol. The number of phenolic OH excluding ortho intramolecular Hbond substituents is 1. The van der Waals surface area contributed by atoms with Crippen LogP contribution in [-0.2, 0) is 16.2 Å². The van der Waals surface area contributed by atoms with Gasteiger partial charge in [-0.15, -0.1) is 0 Å². The van der Waals surface area contributed by atoms with Crippen LogP contribution in [-0.4, -0.2) is 40.0 Å². The van der Waals surface area contributed by atoms with Crippen LogP contribution in [0, 0.1) is 5.92 Å². The summed E-state index contributed by atoms with van der Waals surface area (Å²) in [7, 11) is 0. The van der Waals surface area contributed by atoms with Gasteiger partial charge in [0.05, 0.1) is 0 Å². The van der Waals surface area contributed by atoms with Crippen molar-refractivity contribution in [3.63, 3.8) is 0 Å². The van der Waals surface area contributed by atoms with Gasteiger partial charge in [0.25, 0.3) is 0 Å². The van der Waals surface area contributed by atoms with Gasteiger partial charge in [0.2, 0.25) is 0 Å². The van der Waals surface area contributed by atoms with Gasteiger partial charge in [-0.1, -0.05) is 84.9 Å². The SMILES string of the molecule is CC(C)(C)c1ccc2c(c1)C13CC1CN(C(C)(C)C)C3=CC2=O.CCC1CN(C(C)(C)C)c2cc(O)c3ccc(C(C)(C)C)cc3c21. The number of aromatic hydroxyl groups is 1. The number of fused-ring (bicyclic) bond motifs is 4. The molecule has 7 rings (SSSR count). The Kier molecular flexibility index (Phi) is 7.59. The van der Waals surface area contributed by atoms with Crippen LogP contribution in [0.5, 0.6) is 5.75 Å². The van der Waals surface area contributed by atoms with E-state index in [2.05, 4.69) is 136 Å². The van der Waals surface area contributed by atoms with Crippen molar-refractivity contribution in [2.24, 2.45) is 5.92 Å². The second-order valence-electron chi connectivity index (χ2n) is 18.8. The van der Waals surface area contributed by atoms with Crippen LogP contribution >= 0.6 is 0 Å². The molecule has 2 aliphatic heterocycles. The van der Waals surface area contributed by atoms with Crippen molar-refractivity contribution in [1.29, 1.82) is 0 Å². The number of anilines is 1. The summed E-state index contributed by atoms with van der Waals surface area (Å²) in [5, 5.41) is 12.9. The first-order chi connectivity index (χ1) is 21.6. The third-order valence-corrected chi connectivity index (χ3v) is 11.4. The van der Waals surface area contributed by atoms with Gasteiger partial charge in [-0.05, 0) is 98.8 Å². The van der Waals surface area contributed by atoms with Crippen molar-refractivity contribution in [3.8, 4) is 5.75 Å². The van der Waals surface area contributed by atoms with E-state index in [-0.39, 0.29) is 33.1 Å². The number of phenols is 1. The number of carbonyl (C=O) groups is 1. The maximum absolute atomic E-state index is 12.7. The van der Waals surface area contributed by atoms with Crippen molar-refractivity contribution in [1.82, 2.24) is 4.90 Å². The highest BCUT2D eigenvalue weighted by atomic mass is 16.3. The third kappa shape index (κ3) is 5.48. The molecule has 1 saturated heterocycles. The Labute approximate surface area is 284 Å². The number of hydrogen-bond acceptors (Lipinski definition) is 4. The second kappa shape index (κ2) is 10.6. The van der Waals surface area contributed by atoms with E-state index in [9.17, 15) is 9.90 Å².